The molecular formula is C17H26N2O2. The Morgan fingerprint density at radius 3 is 2.86 bits per heavy atom. The fourth-order valence-corrected chi connectivity index (χ4v) is 2.60. The Kier molecular flexibility index (Phi) is 6.54. The predicted molar refractivity (Wildman–Crippen MR) is 85.0 cm³/mol. The van der Waals surface area contributed by atoms with Crippen LogP contribution in [-0.4, -0.2) is 37.1 Å². The van der Waals surface area contributed by atoms with Crippen molar-refractivity contribution in [3.8, 4) is 5.75 Å². The molecule has 0 aliphatic carbocycles. The van der Waals surface area contributed by atoms with Crippen LogP contribution in [0.4, 0.5) is 0 Å². The van der Waals surface area contributed by atoms with Crippen molar-refractivity contribution in [3.05, 3.63) is 29.8 Å². The van der Waals surface area contributed by atoms with E-state index in [2.05, 4.69) is 23.1 Å². The van der Waals surface area contributed by atoms with Gasteiger partial charge in [-0.3, -0.25) is 10.3 Å². The van der Waals surface area contributed by atoms with Crippen LogP contribution in [-0.2, 0) is 11.3 Å². The summed E-state index contributed by atoms with van der Waals surface area (Å²) in [5, 5.41) is 7.55. The number of nitrogens with zero attached hydrogens (tertiary/aromatic N) is 1. The molecule has 0 bridgehead atoms. The van der Waals surface area contributed by atoms with Gasteiger partial charge in [0.2, 0.25) is 0 Å². The number of nitrogens with one attached hydrogen (secondary N) is 1. The van der Waals surface area contributed by atoms with Gasteiger partial charge in [-0.05, 0) is 57.0 Å². The van der Waals surface area contributed by atoms with Crippen LogP contribution in [0.25, 0.3) is 0 Å². The van der Waals surface area contributed by atoms with E-state index >= 15 is 0 Å². The molecule has 0 radical (unpaired) electrons. The van der Waals surface area contributed by atoms with Crippen LogP contribution in [0.2, 0.25) is 0 Å². The van der Waals surface area contributed by atoms with E-state index in [1.807, 2.05) is 13.0 Å². The summed E-state index contributed by atoms with van der Waals surface area (Å²) in [7, 11) is 0. The minimum atomic E-state index is 0.351. The Labute approximate surface area is 127 Å². The van der Waals surface area contributed by atoms with E-state index in [9.17, 15) is 0 Å². The molecule has 1 aliphatic rings. The Bertz CT molecular complexity index is 442. The van der Waals surface area contributed by atoms with Crippen LogP contribution in [0, 0.1) is 5.41 Å². The zero-order valence-corrected chi connectivity index (χ0v) is 12.9. The molecule has 4 nitrogen and oxygen atoms in total. The van der Waals surface area contributed by atoms with Crippen molar-refractivity contribution in [2.45, 2.75) is 39.2 Å². The number of benzene rings is 1. The molecular weight excluding hydrogens is 264 g/mol. The molecule has 2 rings (SSSR count). The Morgan fingerprint density at radius 1 is 1.29 bits per heavy atom. The molecule has 0 atom stereocenters. The lowest BCUT2D eigenvalue weighted by Crippen LogP contribution is -2.18. The summed E-state index contributed by atoms with van der Waals surface area (Å²) in [5.74, 6) is 1.28. The first-order valence-corrected chi connectivity index (χ1v) is 7.92. The normalized spacial score (nSPS) is 15.1. The van der Waals surface area contributed by atoms with Gasteiger partial charge >= 0.3 is 0 Å². The van der Waals surface area contributed by atoms with Gasteiger partial charge in [0.25, 0.3) is 0 Å². The molecule has 21 heavy (non-hydrogen) atoms. The third kappa shape index (κ3) is 5.76. The fraction of sp³-hybridized carbons (Fsp3) is 0.588. The third-order valence-electron chi connectivity index (χ3n) is 3.64. The number of ether oxygens (including phenoxy) is 2. The maximum absolute atomic E-state index is 7.55. The molecule has 116 valence electrons. The first-order valence-electron chi connectivity index (χ1n) is 7.92. The summed E-state index contributed by atoms with van der Waals surface area (Å²) in [6.45, 7) is 6.54. The highest BCUT2D eigenvalue weighted by molar-refractivity contribution is 5.72. The summed E-state index contributed by atoms with van der Waals surface area (Å²) in [5.41, 5.74) is 1.32. The van der Waals surface area contributed by atoms with E-state index < -0.39 is 0 Å². The Morgan fingerprint density at radius 2 is 2.10 bits per heavy atom. The second kappa shape index (κ2) is 8.67. The molecule has 0 unspecified atom stereocenters. The van der Waals surface area contributed by atoms with Crippen LogP contribution in [0.5, 0.6) is 5.75 Å². The molecule has 1 aromatic rings. The van der Waals surface area contributed by atoms with Crippen LogP contribution in [0.3, 0.4) is 0 Å². The molecule has 0 spiro atoms. The van der Waals surface area contributed by atoms with E-state index in [1.54, 1.807) is 0 Å². The van der Waals surface area contributed by atoms with E-state index in [0.29, 0.717) is 25.5 Å². The predicted octanol–water partition coefficient (Wildman–Crippen LogP) is 3.46. The van der Waals surface area contributed by atoms with E-state index in [-0.39, 0.29) is 0 Å². The maximum atomic E-state index is 7.55. The first-order chi connectivity index (χ1) is 10.3. The highest BCUT2D eigenvalue weighted by atomic mass is 16.5. The lowest BCUT2D eigenvalue weighted by atomic mass is 10.2. The van der Waals surface area contributed by atoms with Gasteiger partial charge in [0.1, 0.15) is 5.75 Å². The van der Waals surface area contributed by atoms with Crippen LogP contribution >= 0.6 is 0 Å². The zero-order valence-electron chi connectivity index (χ0n) is 12.9. The van der Waals surface area contributed by atoms with Gasteiger partial charge < -0.3 is 9.47 Å². The van der Waals surface area contributed by atoms with E-state index in [0.717, 1.165) is 18.7 Å². The average Bonchev–Trinajstić information content (AvgIpc) is 2.97. The van der Waals surface area contributed by atoms with Crippen molar-refractivity contribution in [1.29, 1.82) is 5.41 Å². The minimum absolute atomic E-state index is 0.351. The molecule has 1 aromatic carbocycles. The molecule has 0 saturated carbocycles. The number of hydrogen-bond donors (Lipinski definition) is 1. The number of rotatable bonds is 8. The van der Waals surface area contributed by atoms with Gasteiger partial charge in [-0.1, -0.05) is 12.1 Å². The van der Waals surface area contributed by atoms with Gasteiger partial charge in [0.15, 0.2) is 5.90 Å². The van der Waals surface area contributed by atoms with Crippen molar-refractivity contribution in [2.24, 2.45) is 0 Å². The van der Waals surface area contributed by atoms with Crippen molar-refractivity contribution in [3.63, 3.8) is 0 Å². The fourth-order valence-electron chi connectivity index (χ4n) is 2.60. The average molecular weight is 290 g/mol. The van der Waals surface area contributed by atoms with Gasteiger partial charge in [-0.25, -0.2) is 0 Å². The van der Waals surface area contributed by atoms with Gasteiger partial charge in [-0.2, -0.15) is 0 Å². The SMILES string of the molecule is CCOC(=N)CCCOc1cccc(CN2CCCC2)c1. The summed E-state index contributed by atoms with van der Waals surface area (Å²) in [6.07, 6.45) is 4.10. The van der Waals surface area contributed by atoms with Crippen molar-refractivity contribution < 1.29 is 9.47 Å². The maximum Gasteiger partial charge on any atom is 0.180 e. The second-order valence-corrected chi connectivity index (χ2v) is 5.44. The van der Waals surface area contributed by atoms with Crippen LogP contribution in [0.1, 0.15) is 38.2 Å². The molecule has 1 aliphatic heterocycles. The zero-order chi connectivity index (χ0) is 14.9. The molecule has 1 saturated heterocycles. The summed E-state index contributed by atoms with van der Waals surface area (Å²) in [6, 6.07) is 8.35. The minimum Gasteiger partial charge on any atom is -0.494 e. The highest BCUT2D eigenvalue weighted by Crippen LogP contribution is 2.17. The first kappa shape index (κ1) is 15.8. The van der Waals surface area contributed by atoms with Gasteiger partial charge in [0, 0.05) is 13.0 Å². The Balaban J connectivity index is 1.71. The lowest BCUT2D eigenvalue weighted by molar-refractivity contribution is 0.288. The van der Waals surface area contributed by atoms with Crippen molar-refractivity contribution in [1.82, 2.24) is 4.90 Å². The molecule has 4 heteroatoms. The monoisotopic (exact) mass is 290 g/mol. The van der Waals surface area contributed by atoms with E-state index in [4.69, 9.17) is 14.9 Å². The highest BCUT2D eigenvalue weighted by Gasteiger charge is 2.11. The molecule has 1 N–H and O–H groups in total. The number of likely N-dealkylation sites (tertiary alicyclic amines) is 1. The summed E-state index contributed by atoms with van der Waals surface area (Å²) < 4.78 is 10.9. The topological polar surface area (TPSA) is 45.6 Å². The molecule has 0 amide bonds. The lowest BCUT2D eigenvalue weighted by Gasteiger charge is -2.15. The van der Waals surface area contributed by atoms with E-state index in [1.165, 1.54) is 31.5 Å². The van der Waals surface area contributed by atoms with Crippen molar-refractivity contribution >= 4 is 5.90 Å². The quantitative estimate of drug-likeness (QED) is 0.453. The van der Waals surface area contributed by atoms with Gasteiger partial charge in [-0.15, -0.1) is 0 Å². The van der Waals surface area contributed by atoms with Gasteiger partial charge in [0.05, 0.1) is 13.2 Å². The molecule has 1 heterocycles. The smallest absolute Gasteiger partial charge is 0.180 e. The summed E-state index contributed by atoms with van der Waals surface area (Å²) >= 11 is 0. The van der Waals surface area contributed by atoms with Crippen LogP contribution < -0.4 is 4.74 Å². The largest absolute Gasteiger partial charge is 0.494 e. The second-order valence-electron chi connectivity index (χ2n) is 5.44. The molecule has 0 aromatic heterocycles. The number of hydrogen-bond acceptors (Lipinski definition) is 4. The standard InChI is InChI=1S/C17H26N2O2/c1-2-20-17(18)9-6-12-21-16-8-5-7-15(13-16)14-19-10-3-4-11-19/h5,7-8,13,18H,2-4,6,9-12,14H2,1H3. The van der Waals surface area contributed by atoms with Crippen molar-refractivity contribution in [2.75, 3.05) is 26.3 Å². The van der Waals surface area contributed by atoms with Crippen LogP contribution in [0.15, 0.2) is 24.3 Å². The third-order valence-corrected chi connectivity index (χ3v) is 3.64. The molecule has 1 fully saturated rings. The summed E-state index contributed by atoms with van der Waals surface area (Å²) in [4.78, 5) is 2.49. The Hall–Kier alpha value is -1.55.